The van der Waals surface area contributed by atoms with Gasteiger partial charge in [0.15, 0.2) is 0 Å². The number of ether oxygens (including phenoxy) is 1. The molecule has 0 spiro atoms. The molecule has 44 heavy (non-hydrogen) atoms. The maximum atomic E-state index is 13.3. The molecule has 0 aliphatic carbocycles. The van der Waals surface area contributed by atoms with Gasteiger partial charge in [-0.1, -0.05) is 35.9 Å². The van der Waals surface area contributed by atoms with Gasteiger partial charge in [-0.05, 0) is 91.2 Å². The zero-order chi connectivity index (χ0) is 30.8. The minimum Gasteiger partial charge on any atom is -0.444 e. The third-order valence-corrected chi connectivity index (χ3v) is 9.16. The number of hydrogen-bond acceptors (Lipinski definition) is 6. The van der Waals surface area contributed by atoms with Gasteiger partial charge in [0.2, 0.25) is 10.0 Å². The van der Waals surface area contributed by atoms with Gasteiger partial charge in [-0.25, -0.2) is 13.2 Å². The standard InChI is InChI=1S/C32H33ClN4O5S.ClH/c1-32(2,3)42-31(39)35-21-28-19-26(12-13-34-28)22-4-6-23(7-5-22)30(38)36-14-16-37(17-15-36)43(40,41)29-11-9-24-18-27(33)10-8-25(24)20-29;/h4-13,18-20H,14-17,21H2,1-3H3,(H,35,39);1H. The van der Waals surface area contributed by atoms with Gasteiger partial charge >= 0.3 is 6.09 Å². The Morgan fingerprint density at radius 3 is 2.23 bits per heavy atom. The average molecular weight is 658 g/mol. The van der Waals surface area contributed by atoms with Gasteiger partial charge in [-0.3, -0.25) is 9.78 Å². The number of hydrogen-bond donors (Lipinski definition) is 1. The third kappa shape index (κ3) is 7.87. The second-order valence-corrected chi connectivity index (χ2v) is 13.7. The molecule has 0 bridgehead atoms. The number of pyridine rings is 1. The van der Waals surface area contributed by atoms with E-state index < -0.39 is 21.7 Å². The molecule has 0 atom stereocenters. The molecule has 0 unspecified atom stereocenters. The van der Waals surface area contributed by atoms with Crippen LogP contribution in [0.3, 0.4) is 0 Å². The van der Waals surface area contributed by atoms with Crippen LogP contribution < -0.4 is 5.32 Å². The van der Waals surface area contributed by atoms with E-state index in [1.54, 1.807) is 80.4 Å². The molecule has 1 aliphatic heterocycles. The number of rotatable bonds is 6. The number of sulfonamides is 1. The zero-order valence-electron chi connectivity index (χ0n) is 24.6. The summed E-state index contributed by atoms with van der Waals surface area (Å²) in [5.74, 6) is -0.150. The van der Waals surface area contributed by atoms with Crippen LogP contribution >= 0.6 is 24.0 Å². The van der Waals surface area contributed by atoms with E-state index in [-0.39, 0.29) is 42.8 Å². The van der Waals surface area contributed by atoms with Crippen molar-refractivity contribution in [3.63, 3.8) is 0 Å². The molecule has 9 nitrogen and oxygen atoms in total. The summed E-state index contributed by atoms with van der Waals surface area (Å²) in [6.07, 6.45) is 1.15. The fourth-order valence-corrected chi connectivity index (χ4v) is 6.49. The smallest absolute Gasteiger partial charge is 0.407 e. The Kier molecular flexibility index (Phi) is 10.2. The lowest BCUT2D eigenvalue weighted by atomic mass is 10.0. The Labute approximate surface area is 268 Å². The maximum Gasteiger partial charge on any atom is 0.407 e. The van der Waals surface area contributed by atoms with Crippen molar-refractivity contribution >= 4 is 56.8 Å². The van der Waals surface area contributed by atoms with Crippen molar-refractivity contribution in [2.75, 3.05) is 26.2 Å². The van der Waals surface area contributed by atoms with Crippen molar-refractivity contribution in [1.82, 2.24) is 19.5 Å². The Morgan fingerprint density at radius 1 is 0.886 bits per heavy atom. The average Bonchev–Trinajstić information content (AvgIpc) is 2.99. The quantitative estimate of drug-likeness (QED) is 0.267. The monoisotopic (exact) mass is 656 g/mol. The molecule has 0 saturated carbocycles. The van der Waals surface area contributed by atoms with Crippen LogP contribution in [0.15, 0.2) is 83.9 Å². The van der Waals surface area contributed by atoms with Gasteiger partial charge in [-0.2, -0.15) is 4.31 Å². The van der Waals surface area contributed by atoms with Crippen molar-refractivity contribution < 1.29 is 22.7 Å². The number of carbonyl (C=O) groups excluding carboxylic acids is 2. The number of nitrogens with one attached hydrogen (secondary N) is 1. The lowest BCUT2D eigenvalue weighted by Crippen LogP contribution is -2.50. The first-order chi connectivity index (χ1) is 20.4. The molecular formula is C32H34Cl2N4O5S. The normalized spacial score (nSPS) is 14.1. The lowest BCUT2D eigenvalue weighted by Gasteiger charge is -2.34. The van der Waals surface area contributed by atoms with Crippen LogP contribution in [-0.2, 0) is 21.3 Å². The molecular weight excluding hydrogens is 623 g/mol. The van der Waals surface area contributed by atoms with E-state index in [4.69, 9.17) is 16.3 Å². The number of carbonyl (C=O) groups is 2. The number of fused-ring (bicyclic) bond motifs is 1. The fraction of sp³-hybridized carbons (Fsp3) is 0.281. The van der Waals surface area contributed by atoms with E-state index >= 15 is 0 Å². The number of aromatic nitrogens is 1. The van der Waals surface area contributed by atoms with Gasteiger partial charge in [0.05, 0.1) is 17.1 Å². The summed E-state index contributed by atoms with van der Waals surface area (Å²) in [6, 6.07) is 21.3. The fourth-order valence-electron chi connectivity index (χ4n) is 4.85. The zero-order valence-corrected chi connectivity index (χ0v) is 27.0. The largest absolute Gasteiger partial charge is 0.444 e. The molecule has 0 radical (unpaired) electrons. The van der Waals surface area contributed by atoms with Crippen molar-refractivity contribution in [2.24, 2.45) is 0 Å². The summed E-state index contributed by atoms with van der Waals surface area (Å²) in [5.41, 5.74) is 2.40. The van der Waals surface area contributed by atoms with E-state index in [1.165, 1.54) is 4.31 Å². The van der Waals surface area contributed by atoms with Crippen molar-refractivity contribution in [3.05, 3.63) is 95.3 Å². The minimum absolute atomic E-state index is 0. The topological polar surface area (TPSA) is 109 Å². The van der Waals surface area contributed by atoms with Crippen LogP contribution in [0, 0.1) is 0 Å². The molecule has 2 amide bonds. The molecule has 3 aromatic carbocycles. The predicted octanol–water partition coefficient (Wildman–Crippen LogP) is 6.15. The first-order valence-corrected chi connectivity index (χ1v) is 15.7. The van der Waals surface area contributed by atoms with E-state index in [9.17, 15) is 18.0 Å². The number of piperazine rings is 1. The molecule has 1 aromatic heterocycles. The van der Waals surface area contributed by atoms with Crippen LogP contribution in [0.5, 0.6) is 0 Å². The van der Waals surface area contributed by atoms with Crippen LogP contribution in [0.4, 0.5) is 4.79 Å². The summed E-state index contributed by atoms with van der Waals surface area (Å²) in [5, 5.41) is 4.96. The van der Waals surface area contributed by atoms with E-state index in [0.29, 0.717) is 29.4 Å². The highest BCUT2D eigenvalue weighted by Gasteiger charge is 2.30. The van der Waals surface area contributed by atoms with Crippen molar-refractivity contribution in [3.8, 4) is 11.1 Å². The molecule has 2 heterocycles. The minimum atomic E-state index is -3.71. The Hall–Kier alpha value is -3.70. The number of amides is 2. The van der Waals surface area contributed by atoms with Crippen LogP contribution in [0.25, 0.3) is 21.9 Å². The lowest BCUT2D eigenvalue weighted by molar-refractivity contribution is 0.0522. The van der Waals surface area contributed by atoms with E-state index in [1.807, 2.05) is 24.3 Å². The summed E-state index contributed by atoms with van der Waals surface area (Å²) < 4.78 is 33.4. The summed E-state index contributed by atoms with van der Waals surface area (Å²) in [6.45, 7) is 6.63. The molecule has 1 N–H and O–H groups in total. The molecule has 232 valence electrons. The molecule has 1 aliphatic rings. The molecule has 5 rings (SSSR count). The van der Waals surface area contributed by atoms with Crippen LogP contribution in [-0.4, -0.2) is 66.4 Å². The van der Waals surface area contributed by atoms with Gasteiger partial charge in [0, 0.05) is 43.0 Å². The number of halogens is 2. The third-order valence-electron chi connectivity index (χ3n) is 7.03. The molecule has 4 aromatic rings. The van der Waals surface area contributed by atoms with E-state index in [0.717, 1.165) is 21.9 Å². The molecule has 12 heteroatoms. The summed E-state index contributed by atoms with van der Waals surface area (Å²) >= 11 is 6.05. The maximum absolute atomic E-state index is 13.3. The Balaban J connectivity index is 0.00000442. The highest BCUT2D eigenvalue weighted by molar-refractivity contribution is 7.89. The highest BCUT2D eigenvalue weighted by atomic mass is 35.5. The predicted molar refractivity (Wildman–Crippen MR) is 174 cm³/mol. The van der Waals surface area contributed by atoms with E-state index in [2.05, 4.69) is 10.3 Å². The van der Waals surface area contributed by atoms with Gasteiger partial charge in [0.25, 0.3) is 5.91 Å². The Bertz CT molecular complexity index is 1770. The number of nitrogens with zero attached hydrogens (tertiary/aromatic N) is 3. The van der Waals surface area contributed by atoms with Crippen molar-refractivity contribution in [1.29, 1.82) is 0 Å². The number of alkyl carbamates (subject to hydrolysis) is 1. The summed E-state index contributed by atoms with van der Waals surface area (Å²) in [4.78, 5) is 31.4. The molecule has 1 saturated heterocycles. The first-order valence-electron chi connectivity index (χ1n) is 13.9. The Morgan fingerprint density at radius 2 is 1.55 bits per heavy atom. The number of benzene rings is 3. The highest BCUT2D eigenvalue weighted by Crippen LogP contribution is 2.26. The van der Waals surface area contributed by atoms with Gasteiger partial charge in [-0.15, -0.1) is 12.4 Å². The van der Waals surface area contributed by atoms with Gasteiger partial charge in [0.1, 0.15) is 5.60 Å². The van der Waals surface area contributed by atoms with Gasteiger partial charge < -0.3 is 15.0 Å². The van der Waals surface area contributed by atoms with Crippen LogP contribution in [0.1, 0.15) is 36.8 Å². The SMILES string of the molecule is CC(C)(C)OC(=O)NCc1cc(-c2ccc(C(=O)N3CCN(S(=O)(=O)c4ccc5cc(Cl)ccc5c4)CC3)cc2)ccn1.Cl. The second kappa shape index (κ2) is 13.5. The second-order valence-electron chi connectivity index (χ2n) is 11.3. The van der Waals surface area contributed by atoms with Crippen LogP contribution in [0.2, 0.25) is 5.02 Å². The van der Waals surface area contributed by atoms with Crippen molar-refractivity contribution in [2.45, 2.75) is 37.8 Å². The molecule has 1 fully saturated rings. The first kappa shape index (κ1) is 33.2. The summed E-state index contributed by atoms with van der Waals surface area (Å²) in [7, 11) is -3.71.